The topological polar surface area (TPSA) is 66.4 Å². The van der Waals surface area contributed by atoms with E-state index in [-0.39, 0.29) is 5.56 Å². The van der Waals surface area contributed by atoms with Crippen molar-refractivity contribution in [3.63, 3.8) is 0 Å². The first kappa shape index (κ1) is 23.2. The summed E-state index contributed by atoms with van der Waals surface area (Å²) < 4.78 is 7.14. The van der Waals surface area contributed by atoms with E-state index in [1.807, 2.05) is 67.1 Å². The number of ether oxygens (including phenoxy) is 1. The number of halogens is 1. The number of fused-ring (bicyclic) bond motifs is 1. The van der Waals surface area contributed by atoms with E-state index in [1.165, 1.54) is 0 Å². The number of aromatic amines is 1. The van der Waals surface area contributed by atoms with Gasteiger partial charge in [0.05, 0.1) is 30.8 Å². The molecule has 1 aliphatic rings. The van der Waals surface area contributed by atoms with Gasteiger partial charge in [-0.3, -0.25) is 9.36 Å². The summed E-state index contributed by atoms with van der Waals surface area (Å²) in [7, 11) is 1.98. The van der Waals surface area contributed by atoms with Crippen LogP contribution in [0.15, 0.2) is 72.0 Å². The number of nitrogens with zero attached hydrogens (tertiary/aromatic N) is 4. The molecule has 3 aromatic heterocycles. The molecular weight excluding hydrogens is 462 g/mol. The molecule has 0 spiro atoms. The normalized spacial score (nSPS) is 14.5. The molecule has 0 unspecified atom stereocenters. The Balaban J connectivity index is 1.55. The lowest BCUT2D eigenvalue weighted by Crippen LogP contribution is -2.36. The largest absolute Gasteiger partial charge is 0.379 e. The van der Waals surface area contributed by atoms with E-state index in [4.69, 9.17) is 16.3 Å². The molecule has 0 radical (unpaired) electrons. The Labute approximate surface area is 209 Å². The highest BCUT2D eigenvalue weighted by Gasteiger charge is 2.16. The van der Waals surface area contributed by atoms with Crippen molar-refractivity contribution in [1.29, 1.82) is 0 Å². The number of benzene rings is 1. The fraction of sp³-hybridized carbons (Fsp3) is 0.259. The van der Waals surface area contributed by atoms with Gasteiger partial charge in [0.25, 0.3) is 5.56 Å². The molecule has 1 fully saturated rings. The summed E-state index contributed by atoms with van der Waals surface area (Å²) in [5.41, 5.74) is 5.17. The third-order valence-electron chi connectivity index (χ3n) is 6.34. The number of rotatable bonds is 6. The molecule has 4 aromatic rings. The van der Waals surface area contributed by atoms with Gasteiger partial charge < -0.3 is 19.5 Å². The van der Waals surface area contributed by atoms with Crippen LogP contribution < -0.4 is 10.5 Å². The fourth-order valence-corrected chi connectivity index (χ4v) is 4.49. The second kappa shape index (κ2) is 9.98. The zero-order chi connectivity index (χ0) is 24.4. The van der Waals surface area contributed by atoms with E-state index in [0.29, 0.717) is 18.2 Å². The van der Waals surface area contributed by atoms with Crippen molar-refractivity contribution in [3.05, 3.63) is 88.2 Å². The number of hydrogen-bond acceptors (Lipinski definition) is 5. The molecule has 1 aliphatic heterocycles. The van der Waals surface area contributed by atoms with Crippen LogP contribution in [0.5, 0.6) is 0 Å². The average Bonchev–Trinajstić information content (AvgIpc) is 3.31. The van der Waals surface area contributed by atoms with E-state index in [9.17, 15) is 4.79 Å². The number of H-pyrrole nitrogens is 1. The second-order valence-electron chi connectivity index (χ2n) is 8.61. The molecule has 5 rings (SSSR count). The average molecular weight is 490 g/mol. The van der Waals surface area contributed by atoms with Crippen molar-refractivity contribution >= 4 is 34.0 Å². The van der Waals surface area contributed by atoms with Gasteiger partial charge in [-0.2, -0.15) is 0 Å². The van der Waals surface area contributed by atoms with Crippen LogP contribution in [0.1, 0.15) is 12.5 Å². The molecule has 8 heteroatoms. The number of morpholine rings is 1. The monoisotopic (exact) mass is 489 g/mol. The number of hydrogen-bond donors (Lipinski definition) is 1. The predicted molar refractivity (Wildman–Crippen MR) is 142 cm³/mol. The van der Waals surface area contributed by atoms with Crippen LogP contribution in [0.25, 0.3) is 27.9 Å². The van der Waals surface area contributed by atoms with Crippen LogP contribution in [0.3, 0.4) is 0 Å². The van der Waals surface area contributed by atoms with Gasteiger partial charge in [0.15, 0.2) is 0 Å². The van der Waals surface area contributed by atoms with Crippen molar-refractivity contribution in [2.45, 2.75) is 6.92 Å². The number of nitrogens with one attached hydrogen (secondary N) is 1. The van der Waals surface area contributed by atoms with Gasteiger partial charge in [-0.25, -0.2) is 4.98 Å². The Hall–Kier alpha value is -3.55. The van der Waals surface area contributed by atoms with Crippen LogP contribution in [0.2, 0.25) is 5.02 Å². The smallest absolute Gasteiger partial charge is 0.255 e. The number of anilines is 1. The van der Waals surface area contributed by atoms with Gasteiger partial charge in [0, 0.05) is 72.9 Å². The summed E-state index contributed by atoms with van der Waals surface area (Å²) in [6, 6.07) is 13.3. The minimum Gasteiger partial charge on any atom is -0.379 e. The van der Waals surface area contributed by atoms with E-state index in [2.05, 4.69) is 27.9 Å². The SMILES string of the molecule is CCN(C)/C=C(\c1cccc(Cl)c1)n1ccc(-c2c[nH]c3ncc(N4CCOCC4)cc23)cc1=O. The second-order valence-corrected chi connectivity index (χ2v) is 9.05. The molecule has 1 N–H and O–H groups in total. The highest BCUT2D eigenvalue weighted by atomic mass is 35.5. The maximum Gasteiger partial charge on any atom is 0.255 e. The molecule has 0 atom stereocenters. The minimum absolute atomic E-state index is 0.120. The lowest BCUT2D eigenvalue weighted by atomic mass is 10.1. The third-order valence-corrected chi connectivity index (χ3v) is 6.58. The predicted octanol–water partition coefficient (Wildman–Crippen LogP) is 4.68. The molecule has 0 bridgehead atoms. The summed E-state index contributed by atoms with van der Waals surface area (Å²) in [6.45, 7) is 5.98. The molecule has 0 amide bonds. The van der Waals surface area contributed by atoms with Gasteiger partial charge in [0.1, 0.15) is 5.65 Å². The first-order valence-electron chi connectivity index (χ1n) is 11.7. The summed E-state index contributed by atoms with van der Waals surface area (Å²) in [5, 5.41) is 1.61. The standard InChI is InChI=1S/C27H28ClN5O2/c1-3-31(2)18-25(20-5-4-6-21(28)13-20)33-8-7-19(14-26(33)34)24-17-30-27-23(24)15-22(16-29-27)32-9-11-35-12-10-32/h4-8,13-18H,3,9-12H2,1-2H3,(H,29,30)/b25-18+. The maximum atomic E-state index is 13.4. The van der Waals surface area contributed by atoms with E-state index < -0.39 is 0 Å². The molecule has 1 aromatic carbocycles. The van der Waals surface area contributed by atoms with Crippen LogP contribution in [-0.2, 0) is 4.74 Å². The summed E-state index contributed by atoms with van der Waals surface area (Å²) >= 11 is 6.26. The van der Waals surface area contributed by atoms with Gasteiger partial charge in [-0.05, 0) is 36.8 Å². The highest BCUT2D eigenvalue weighted by molar-refractivity contribution is 6.30. The van der Waals surface area contributed by atoms with Gasteiger partial charge in [-0.1, -0.05) is 23.7 Å². The minimum atomic E-state index is -0.120. The van der Waals surface area contributed by atoms with Gasteiger partial charge >= 0.3 is 0 Å². The molecule has 7 nitrogen and oxygen atoms in total. The molecule has 4 heterocycles. The third kappa shape index (κ3) is 4.83. The quantitative estimate of drug-likeness (QED) is 0.426. The van der Waals surface area contributed by atoms with Crippen LogP contribution in [-0.4, -0.2) is 59.3 Å². The molecule has 0 saturated carbocycles. The molecule has 0 aliphatic carbocycles. The zero-order valence-corrected chi connectivity index (χ0v) is 20.6. The van der Waals surface area contributed by atoms with E-state index in [0.717, 1.165) is 58.7 Å². The van der Waals surface area contributed by atoms with E-state index >= 15 is 0 Å². The highest BCUT2D eigenvalue weighted by Crippen LogP contribution is 2.30. The Morgan fingerprint density at radius 2 is 2.06 bits per heavy atom. The first-order chi connectivity index (χ1) is 17.0. The van der Waals surface area contributed by atoms with Crippen LogP contribution in [0.4, 0.5) is 5.69 Å². The van der Waals surface area contributed by atoms with E-state index in [1.54, 1.807) is 10.6 Å². The van der Waals surface area contributed by atoms with Crippen LogP contribution in [0, 0.1) is 0 Å². The molecule has 180 valence electrons. The molecular formula is C27H28ClN5O2. The molecule has 1 saturated heterocycles. The van der Waals surface area contributed by atoms with Crippen molar-refractivity contribution in [2.75, 3.05) is 44.8 Å². The Morgan fingerprint density at radius 1 is 1.23 bits per heavy atom. The number of aromatic nitrogens is 3. The summed E-state index contributed by atoms with van der Waals surface area (Å²) in [6.07, 6.45) is 7.60. The lowest BCUT2D eigenvalue weighted by molar-refractivity contribution is 0.122. The van der Waals surface area contributed by atoms with Crippen LogP contribution >= 0.6 is 11.6 Å². The lowest BCUT2D eigenvalue weighted by Gasteiger charge is -2.28. The maximum absolute atomic E-state index is 13.4. The number of pyridine rings is 2. The summed E-state index contributed by atoms with van der Waals surface area (Å²) in [4.78, 5) is 25.5. The van der Waals surface area contributed by atoms with Crippen molar-refractivity contribution < 1.29 is 4.74 Å². The van der Waals surface area contributed by atoms with Gasteiger partial charge in [-0.15, -0.1) is 0 Å². The van der Waals surface area contributed by atoms with Gasteiger partial charge in [0.2, 0.25) is 0 Å². The molecule has 35 heavy (non-hydrogen) atoms. The first-order valence-corrected chi connectivity index (χ1v) is 12.1. The van der Waals surface area contributed by atoms with Crippen molar-refractivity contribution in [1.82, 2.24) is 19.4 Å². The Kier molecular flexibility index (Phi) is 6.61. The fourth-order valence-electron chi connectivity index (χ4n) is 4.29. The summed E-state index contributed by atoms with van der Waals surface area (Å²) in [5.74, 6) is 0. The Morgan fingerprint density at radius 3 is 2.80 bits per heavy atom. The zero-order valence-electron chi connectivity index (χ0n) is 19.9. The van der Waals surface area contributed by atoms with Crippen molar-refractivity contribution in [3.8, 4) is 11.1 Å². The van der Waals surface area contributed by atoms with Crippen molar-refractivity contribution in [2.24, 2.45) is 0 Å². The Bertz CT molecular complexity index is 1440.